The van der Waals surface area contributed by atoms with Crippen LogP contribution in [0, 0.1) is 43.8 Å². The molecule has 4 amide bonds. The van der Waals surface area contributed by atoms with Crippen LogP contribution in [0.5, 0.6) is 5.75 Å². The number of amides is 4. The van der Waals surface area contributed by atoms with Crippen LogP contribution in [0.4, 0.5) is 32.8 Å². The van der Waals surface area contributed by atoms with Crippen LogP contribution in [0.3, 0.4) is 0 Å². The minimum Gasteiger partial charge on any atom is -0.507 e. The van der Waals surface area contributed by atoms with Gasteiger partial charge in [-0.25, -0.2) is 14.2 Å². The Hall–Kier alpha value is -5.93. The van der Waals surface area contributed by atoms with Gasteiger partial charge < -0.3 is 10.0 Å². The van der Waals surface area contributed by atoms with E-state index in [4.69, 9.17) is 23.2 Å². The van der Waals surface area contributed by atoms with Crippen molar-refractivity contribution in [1.29, 1.82) is 0 Å². The number of nitrogens with zero attached hydrogens (tertiary/aromatic N) is 5. The molecule has 55 heavy (non-hydrogen) atoms. The largest absolute Gasteiger partial charge is 0.507 e. The zero-order valence-electron chi connectivity index (χ0n) is 28.8. The summed E-state index contributed by atoms with van der Waals surface area (Å²) in [6, 6.07) is 16.2. The zero-order chi connectivity index (χ0) is 39.5. The number of halogens is 3. The van der Waals surface area contributed by atoms with Gasteiger partial charge in [0.1, 0.15) is 11.6 Å². The van der Waals surface area contributed by atoms with E-state index in [0.717, 1.165) is 29.2 Å². The minimum atomic E-state index is -2.25. The van der Waals surface area contributed by atoms with Crippen LogP contribution in [0.25, 0.3) is 10.8 Å². The summed E-state index contributed by atoms with van der Waals surface area (Å²) >= 11 is 15.0. The number of allylic oxidation sites excluding steroid dienone is 2. The highest BCUT2D eigenvalue weighted by Gasteiger charge is 2.76. The van der Waals surface area contributed by atoms with E-state index >= 15 is 0 Å². The molecule has 17 heteroatoms. The van der Waals surface area contributed by atoms with Crippen molar-refractivity contribution in [3.63, 3.8) is 0 Å². The van der Waals surface area contributed by atoms with Gasteiger partial charge in [-0.3, -0.25) is 39.4 Å². The monoisotopic (exact) mass is 787 g/mol. The highest BCUT2D eigenvalue weighted by Crippen LogP contribution is 2.66. The Morgan fingerprint density at radius 2 is 1.44 bits per heavy atom. The molecule has 14 nitrogen and oxygen atoms in total. The molecule has 2 aliphatic carbocycles. The smallest absolute Gasteiger partial charge is 0.301 e. The Balaban J connectivity index is 1.32. The fourth-order valence-corrected chi connectivity index (χ4v) is 9.94. The van der Waals surface area contributed by atoms with Gasteiger partial charge in [0.05, 0.1) is 33.1 Å². The van der Waals surface area contributed by atoms with Crippen LogP contribution >= 0.6 is 23.2 Å². The Kier molecular flexibility index (Phi) is 8.06. The van der Waals surface area contributed by atoms with Gasteiger partial charge in [-0.05, 0) is 60.0 Å². The minimum absolute atomic E-state index is 0.00218. The Morgan fingerprint density at radius 3 is 2.04 bits per heavy atom. The molecule has 6 atom stereocenters. The number of nitro groups is 2. The lowest BCUT2D eigenvalue weighted by atomic mass is 9.56. The third kappa shape index (κ3) is 4.85. The summed E-state index contributed by atoms with van der Waals surface area (Å²) < 4.78 is 14.0. The lowest BCUT2D eigenvalue weighted by Gasteiger charge is -2.51. The van der Waals surface area contributed by atoms with Crippen LogP contribution in [-0.2, 0) is 19.2 Å². The molecule has 280 valence electrons. The van der Waals surface area contributed by atoms with Crippen LogP contribution in [0.15, 0.2) is 84.4 Å². The van der Waals surface area contributed by atoms with Crippen molar-refractivity contribution in [1.82, 2.24) is 0 Å². The molecule has 0 radical (unpaired) electrons. The summed E-state index contributed by atoms with van der Waals surface area (Å²) in [5.74, 6) is -8.70. The van der Waals surface area contributed by atoms with Gasteiger partial charge in [-0.2, -0.15) is 0 Å². The number of carbonyl (C=O) groups excluding carboxylic acids is 4. The number of phenolic OH excluding ortho intramolecular Hbond substituents is 1. The van der Waals surface area contributed by atoms with Crippen molar-refractivity contribution in [2.75, 3.05) is 28.8 Å². The van der Waals surface area contributed by atoms with Crippen molar-refractivity contribution in [3.05, 3.63) is 116 Å². The van der Waals surface area contributed by atoms with Crippen molar-refractivity contribution in [3.8, 4) is 5.75 Å². The summed E-state index contributed by atoms with van der Waals surface area (Å²) in [7, 11) is 2.76. The van der Waals surface area contributed by atoms with Crippen LogP contribution in [0.2, 0.25) is 0 Å². The molecule has 1 saturated carbocycles. The Labute approximate surface area is 320 Å². The number of carbonyl (C=O) groups is 4. The third-order valence-electron chi connectivity index (χ3n) is 11.3. The number of imide groups is 2. The van der Waals surface area contributed by atoms with E-state index in [0.29, 0.717) is 26.8 Å². The summed E-state index contributed by atoms with van der Waals surface area (Å²) in [6.45, 7) is 0. The highest BCUT2D eigenvalue weighted by atomic mass is 35.5. The van der Waals surface area contributed by atoms with Crippen molar-refractivity contribution in [2.24, 2.45) is 17.8 Å². The number of hydrogen-bond donors (Lipinski definition) is 1. The van der Waals surface area contributed by atoms with Crippen molar-refractivity contribution >= 4 is 86.0 Å². The number of alkyl halides is 2. The first-order valence-corrected chi connectivity index (χ1v) is 17.7. The summed E-state index contributed by atoms with van der Waals surface area (Å²) in [5, 5.41) is 36.0. The number of fused-ring (bicyclic) bond motifs is 5. The van der Waals surface area contributed by atoms with Crippen LogP contribution in [0.1, 0.15) is 24.3 Å². The first kappa shape index (κ1) is 36.1. The number of rotatable bonds is 6. The molecule has 4 aromatic rings. The fourth-order valence-electron chi connectivity index (χ4n) is 9.01. The fraction of sp³-hybridized carbons (Fsp3) is 0.263. The molecular formula is C38H28Cl2FN5O9. The summed E-state index contributed by atoms with van der Waals surface area (Å²) in [6.07, 6.45) is 1.22. The molecule has 3 fully saturated rings. The molecule has 0 unspecified atom stereocenters. The predicted molar refractivity (Wildman–Crippen MR) is 199 cm³/mol. The number of anilines is 3. The maximum Gasteiger partial charge on any atom is 0.301 e. The van der Waals surface area contributed by atoms with E-state index in [2.05, 4.69) is 0 Å². The van der Waals surface area contributed by atoms with Gasteiger partial charge in [0.25, 0.3) is 11.8 Å². The first-order valence-electron chi connectivity index (χ1n) is 17.0. The molecule has 0 bridgehead atoms. The average molecular weight is 789 g/mol. The number of benzene rings is 4. The number of nitro benzene ring substituents is 2. The van der Waals surface area contributed by atoms with Gasteiger partial charge in [-0.1, -0.05) is 42.0 Å². The van der Waals surface area contributed by atoms with Gasteiger partial charge >= 0.3 is 11.4 Å². The van der Waals surface area contributed by atoms with Gasteiger partial charge in [0, 0.05) is 37.5 Å². The van der Waals surface area contributed by atoms with Crippen molar-refractivity contribution < 1.29 is 38.5 Å². The summed E-state index contributed by atoms with van der Waals surface area (Å²) in [5.41, 5.74) is -1.32. The van der Waals surface area contributed by atoms with E-state index < -0.39 is 90.5 Å². The molecule has 0 spiro atoms. The van der Waals surface area contributed by atoms with Crippen LogP contribution in [-0.4, -0.2) is 62.4 Å². The molecule has 4 aromatic carbocycles. The van der Waals surface area contributed by atoms with Gasteiger partial charge in [0.2, 0.25) is 11.8 Å². The molecule has 1 N–H and O–H groups in total. The third-order valence-corrected chi connectivity index (χ3v) is 12.7. The maximum atomic E-state index is 14.7. The molecule has 2 heterocycles. The van der Waals surface area contributed by atoms with E-state index in [1.165, 1.54) is 37.2 Å². The lowest BCUT2D eigenvalue weighted by molar-refractivity contribution is -0.392. The molecule has 2 aliphatic heterocycles. The molecule has 0 aromatic heterocycles. The zero-order valence-corrected chi connectivity index (χ0v) is 30.3. The summed E-state index contributed by atoms with van der Waals surface area (Å²) in [4.78, 5) is 79.0. The van der Waals surface area contributed by atoms with E-state index in [1.807, 2.05) is 0 Å². The number of phenols is 1. The van der Waals surface area contributed by atoms with Gasteiger partial charge in [0.15, 0.2) is 15.4 Å². The second kappa shape index (κ2) is 12.3. The normalized spacial score (nSPS) is 27.2. The van der Waals surface area contributed by atoms with Gasteiger partial charge in [-0.15, -0.1) is 23.2 Å². The Bertz CT molecular complexity index is 2440. The molecule has 4 aliphatic rings. The van der Waals surface area contributed by atoms with Crippen LogP contribution < -0.4 is 14.7 Å². The second-order valence-corrected chi connectivity index (χ2v) is 15.5. The first-order chi connectivity index (χ1) is 26.0. The molecular weight excluding hydrogens is 760 g/mol. The van der Waals surface area contributed by atoms with E-state index in [-0.39, 0.29) is 29.2 Å². The highest BCUT2D eigenvalue weighted by molar-refractivity contribution is 6.58. The SMILES string of the molecule is CN(C)c1c([N+](=O)[O-])cc(N2C(=O)[C@H]3[C@H](CC=C4[C@H]3C[C@@]3(Cl)C(=O)N(c5ccc(F)cc5)C(=O)[C@@]3(Cl)[C@H]4c3ccc(O)c4ccccc34)C2=O)cc1[N+](=O)[O-]. The molecule has 2 saturated heterocycles. The quantitative estimate of drug-likeness (QED) is 0.0761. The van der Waals surface area contributed by atoms with Crippen molar-refractivity contribution in [2.45, 2.75) is 28.5 Å². The van der Waals surface area contributed by atoms with E-state index in [9.17, 15) is 48.9 Å². The topological polar surface area (TPSA) is 185 Å². The number of aromatic hydroxyl groups is 1. The second-order valence-electron chi connectivity index (χ2n) is 14.2. The molecule has 8 rings (SSSR count). The van der Waals surface area contributed by atoms with E-state index in [1.54, 1.807) is 36.4 Å². The maximum absolute atomic E-state index is 14.7. The number of hydrogen-bond acceptors (Lipinski definition) is 10. The Morgan fingerprint density at radius 1 is 0.818 bits per heavy atom. The average Bonchev–Trinajstić information content (AvgIpc) is 3.49. The standard InChI is InChI=1S/C38H28Cl2FN5O9/c1-42(2)32-27(45(52)53)15-20(16-28(32)46(54)55)43-33(48)25-12-11-24-26(30(25)34(43)49)17-37(39)35(50)44(19-9-7-18(41)8-10-19)36(51)38(37,40)31(24)23-13-14-29(47)22-6-4-3-5-21(22)23/h3-11,13-16,25-26,30-31,47H,12,17H2,1-2H3/t25-,26+,30-,31-,37+,38-/m0/s1. The predicted octanol–water partition coefficient (Wildman–Crippen LogP) is 6.33. The lowest BCUT2D eigenvalue weighted by Crippen LogP contribution is -2.60.